The maximum atomic E-state index is 5.69. The van der Waals surface area contributed by atoms with Crippen LogP contribution in [0.4, 0.5) is 0 Å². The van der Waals surface area contributed by atoms with E-state index >= 15 is 0 Å². The van der Waals surface area contributed by atoms with Crippen molar-refractivity contribution in [3.8, 4) is 0 Å². The molecule has 1 heterocycles. The van der Waals surface area contributed by atoms with Crippen LogP contribution in [0.5, 0.6) is 0 Å². The fraction of sp³-hybridized carbons (Fsp3) is 0.800. The molecule has 2 fully saturated rings. The summed E-state index contributed by atoms with van der Waals surface area (Å²) in [6, 6.07) is 0. The van der Waals surface area contributed by atoms with Gasteiger partial charge in [-0.05, 0) is 25.7 Å². The fourth-order valence-electron chi connectivity index (χ4n) is 1.70. The molecule has 0 aliphatic heterocycles. The Hall–Kier alpha value is -0.860. The van der Waals surface area contributed by atoms with Crippen LogP contribution in [0.1, 0.15) is 56.7 Å². The molecule has 0 N–H and O–H groups in total. The fourth-order valence-corrected chi connectivity index (χ4v) is 1.70. The van der Waals surface area contributed by atoms with E-state index in [1.807, 2.05) is 0 Å². The van der Waals surface area contributed by atoms with E-state index in [1.54, 1.807) is 0 Å². The van der Waals surface area contributed by atoms with E-state index in [-0.39, 0.29) is 5.41 Å². The SMILES string of the molecule is CC1(c2nnc(C3CCC3)o2)CC1. The summed E-state index contributed by atoms with van der Waals surface area (Å²) in [5.74, 6) is 2.33. The van der Waals surface area contributed by atoms with Gasteiger partial charge >= 0.3 is 0 Å². The van der Waals surface area contributed by atoms with Crippen LogP contribution in [0, 0.1) is 0 Å². The van der Waals surface area contributed by atoms with Crippen molar-refractivity contribution in [3.63, 3.8) is 0 Å². The molecule has 2 aliphatic rings. The Morgan fingerprint density at radius 2 is 2.08 bits per heavy atom. The maximum absolute atomic E-state index is 5.69. The molecule has 0 unspecified atom stereocenters. The molecular formula is C10H14N2O. The molecule has 13 heavy (non-hydrogen) atoms. The van der Waals surface area contributed by atoms with Gasteiger partial charge < -0.3 is 4.42 Å². The number of nitrogens with zero attached hydrogens (tertiary/aromatic N) is 2. The highest BCUT2D eigenvalue weighted by atomic mass is 16.4. The summed E-state index contributed by atoms with van der Waals surface area (Å²) in [5, 5.41) is 8.26. The van der Waals surface area contributed by atoms with Gasteiger partial charge in [0.05, 0.1) is 0 Å². The molecular weight excluding hydrogens is 164 g/mol. The molecule has 3 nitrogen and oxygen atoms in total. The van der Waals surface area contributed by atoms with Crippen LogP contribution in [-0.2, 0) is 5.41 Å². The minimum Gasteiger partial charge on any atom is -0.424 e. The Labute approximate surface area is 77.5 Å². The van der Waals surface area contributed by atoms with Gasteiger partial charge in [0.2, 0.25) is 11.8 Å². The van der Waals surface area contributed by atoms with Gasteiger partial charge in [-0.3, -0.25) is 0 Å². The van der Waals surface area contributed by atoms with Crippen molar-refractivity contribution >= 4 is 0 Å². The summed E-state index contributed by atoms with van der Waals surface area (Å²) < 4.78 is 5.69. The Bertz CT molecular complexity index is 323. The van der Waals surface area contributed by atoms with Crippen molar-refractivity contribution in [1.29, 1.82) is 0 Å². The van der Waals surface area contributed by atoms with Crippen molar-refractivity contribution < 1.29 is 4.42 Å². The van der Waals surface area contributed by atoms with Gasteiger partial charge in [0.25, 0.3) is 0 Å². The monoisotopic (exact) mass is 178 g/mol. The quantitative estimate of drug-likeness (QED) is 0.698. The first-order chi connectivity index (χ1) is 6.28. The van der Waals surface area contributed by atoms with Gasteiger partial charge in [-0.2, -0.15) is 0 Å². The lowest BCUT2D eigenvalue weighted by molar-refractivity contribution is 0.316. The number of rotatable bonds is 2. The molecule has 2 aliphatic carbocycles. The summed E-state index contributed by atoms with van der Waals surface area (Å²) in [6.45, 7) is 2.20. The Balaban J connectivity index is 1.85. The smallest absolute Gasteiger partial charge is 0.222 e. The predicted molar refractivity (Wildman–Crippen MR) is 47.5 cm³/mol. The van der Waals surface area contributed by atoms with Crippen LogP contribution in [0.2, 0.25) is 0 Å². The molecule has 0 radical (unpaired) electrons. The molecule has 0 spiro atoms. The first kappa shape index (κ1) is 7.54. The first-order valence-electron chi connectivity index (χ1n) is 5.12. The number of aromatic nitrogens is 2. The van der Waals surface area contributed by atoms with Crippen LogP contribution in [0.15, 0.2) is 4.42 Å². The van der Waals surface area contributed by atoms with Crippen molar-refractivity contribution in [2.75, 3.05) is 0 Å². The van der Waals surface area contributed by atoms with Crippen molar-refractivity contribution in [2.45, 2.75) is 50.4 Å². The lowest BCUT2D eigenvalue weighted by atomic mass is 9.85. The van der Waals surface area contributed by atoms with Crippen molar-refractivity contribution in [3.05, 3.63) is 11.8 Å². The normalized spacial score (nSPS) is 25.6. The number of hydrogen-bond donors (Lipinski definition) is 0. The molecule has 0 aromatic carbocycles. The highest BCUT2D eigenvalue weighted by Crippen LogP contribution is 2.47. The minimum absolute atomic E-state index is 0.231. The van der Waals surface area contributed by atoms with Gasteiger partial charge in [-0.15, -0.1) is 10.2 Å². The largest absolute Gasteiger partial charge is 0.424 e. The lowest BCUT2D eigenvalue weighted by Crippen LogP contribution is -2.08. The van der Waals surface area contributed by atoms with E-state index in [4.69, 9.17) is 4.42 Å². The van der Waals surface area contributed by atoms with E-state index in [0.29, 0.717) is 5.92 Å². The highest BCUT2D eigenvalue weighted by Gasteiger charge is 2.44. The third-order valence-electron chi connectivity index (χ3n) is 3.41. The van der Waals surface area contributed by atoms with Gasteiger partial charge in [0, 0.05) is 11.3 Å². The Morgan fingerprint density at radius 3 is 2.62 bits per heavy atom. The summed E-state index contributed by atoms with van der Waals surface area (Å²) in [5.41, 5.74) is 0.231. The van der Waals surface area contributed by atoms with Gasteiger partial charge in [0.15, 0.2) is 0 Å². The van der Waals surface area contributed by atoms with Crippen LogP contribution in [0.3, 0.4) is 0 Å². The summed E-state index contributed by atoms with van der Waals surface area (Å²) in [7, 11) is 0. The first-order valence-corrected chi connectivity index (χ1v) is 5.12. The summed E-state index contributed by atoms with van der Waals surface area (Å²) in [4.78, 5) is 0. The molecule has 0 saturated heterocycles. The summed E-state index contributed by atoms with van der Waals surface area (Å²) >= 11 is 0. The Morgan fingerprint density at radius 1 is 1.31 bits per heavy atom. The molecule has 1 aromatic rings. The zero-order valence-corrected chi connectivity index (χ0v) is 7.92. The molecule has 3 rings (SSSR count). The zero-order valence-electron chi connectivity index (χ0n) is 7.92. The van der Waals surface area contributed by atoms with Crippen LogP contribution >= 0.6 is 0 Å². The van der Waals surface area contributed by atoms with E-state index in [0.717, 1.165) is 11.8 Å². The van der Waals surface area contributed by atoms with Gasteiger partial charge in [-0.25, -0.2) is 0 Å². The molecule has 2 saturated carbocycles. The third-order valence-corrected chi connectivity index (χ3v) is 3.41. The maximum Gasteiger partial charge on any atom is 0.222 e. The van der Waals surface area contributed by atoms with Crippen LogP contribution in [-0.4, -0.2) is 10.2 Å². The van der Waals surface area contributed by atoms with Gasteiger partial charge in [-0.1, -0.05) is 13.3 Å². The van der Waals surface area contributed by atoms with Crippen LogP contribution in [0.25, 0.3) is 0 Å². The lowest BCUT2D eigenvalue weighted by Gasteiger charge is -2.20. The standard InChI is InChI=1S/C10H14N2O/c1-10(5-6-10)9-12-11-8(13-9)7-3-2-4-7/h7H,2-6H2,1H3. The minimum atomic E-state index is 0.231. The average Bonchev–Trinajstić information content (AvgIpc) is 2.61. The van der Waals surface area contributed by atoms with Crippen molar-refractivity contribution in [2.24, 2.45) is 0 Å². The second kappa shape index (κ2) is 2.34. The Kier molecular flexibility index (Phi) is 1.35. The zero-order chi connectivity index (χ0) is 8.89. The molecule has 1 aromatic heterocycles. The van der Waals surface area contributed by atoms with E-state index in [1.165, 1.54) is 32.1 Å². The van der Waals surface area contributed by atoms with Gasteiger partial charge in [0.1, 0.15) is 0 Å². The molecule has 70 valence electrons. The van der Waals surface area contributed by atoms with E-state index in [9.17, 15) is 0 Å². The number of hydrogen-bond acceptors (Lipinski definition) is 3. The second-order valence-corrected chi connectivity index (χ2v) is 4.63. The molecule has 0 amide bonds. The summed E-state index contributed by atoms with van der Waals surface area (Å²) in [6.07, 6.45) is 6.20. The van der Waals surface area contributed by atoms with Crippen LogP contribution < -0.4 is 0 Å². The van der Waals surface area contributed by atoms with E-state index in [2.05, 4.69) is 17.1 Å². The molecule has 3 heteroatoms. The molecule has 0 bridgehead atoms. The predicted octanol–water partition coefficient (Wildman–Crippen LogP) is 2.39. The average molecular weight is 178 g/mol. The van der Waals surface area contributed by atoms with E-state index < -0.39 is 0 Å². The second-order valence-electron chi connectivity index (χ2n) is 4.63. The third kappa shape index (κ3) is 1.10. The highest BCUT2D eigenvalue weighted by molar-refractivity contribution is 5.12. The molecule has 0 atom stereocenters. The topological polar surface area (TPSA) is 38.9 Å². The van der Waals surface area contributed by atoms with Crippen molar-refractivity contribution in [1.82, 2.24) is 10.2 Å².